The summed E-state index contributed by atoms with van der Waals surface area (Å²) in [6.45, 7) is 0. The molecular weight excluding hydrogens is 296 g/mol. The standard InChI is InChI=1S/C14H9ClN2O4/c15-8-2-4-12-10(6-8)17-14(21-12)16-9-5-7(13(19)20)1-3-11(9)18/h1-6,18H,(H,16,17)(H,19,20). The van der Waals surface area contributed by atoms with Gasteiger partial charge in [-0.05, 0) is 36.4 Å². The number of hydrogen-bond acceptors (Lipinski definition) is 5. The molecule has 0 aliphatic carbocycles. The maximum Gasteiger partial charge on any atom is 0.335 e. The van der Waals surface area contributed by atoms with Crippen LogP contribution in [0.4, 0.5) is 11.7 Å². The minimum absolute atomic E-state index is 0.0365. The van der Waals surface area contributed by atoms with Gasteiger partial charge in [-0.3, -0.25) is 0 Å². The van der Waals surface area contributed by atoms with Crippen LogP contribution in [0.3, 0.4) is 0 Å². The number of halogens is 1. The Kier molecular flexibility index (Phi) is 3.15. The lowest BCUT2D eigenvalue weighted by Gasteiger charge is -2.05. The van der Waals surface area contributed by atoms with Gasteiger partial charge in [-0.25, -0.2) is 4.79 Å². The molecule has 106 valence electrons. The van der Waals surface area contributed by atoms with Crippen LogP contribution in [0, 0.1) is 0 Å². The highest BCUT2D eigenvalue weighted by atomic mass is 35.5. The zero-order chi connectivity index (χ0) is 15.0. The molecule has 21 heavy (non-hydrogen) atoms. The maximum atomic E-state index is 10.9. The number of hydrogen-bond donors (Lipinski definition) is 3. The summed E-state index contributed by atoms with van der Waals surface area (Å²) in [5.41, 5.74) is 1.30. The largest absolute Gasteiger partial charge is 0.506 e. The Bertz CT molecular complexity index is 844. The van der Waals surface area contributed by atoms with Crippen molar-refractivity contribution < 1.29 is 19.4 Å². The molecule has 0 saturated carbocycles. The van der Waals surface area contributed by atoms with Gasteiger partial charge in [-0.1, -0.05) is 11.6 Å². The summed E-state index contributed by atoms with van der Waals surface area (Å²) in [7, 11) is 0. The third-order valence-electron chi connectivity index (χ3n) is 2.83. The quantitative estimate of drug-likeness (QED) is 0.639. The molecule has 0 aliphatic rings. The third kappa shape index (κ3) is 2.61. The number of phenols is 1. The highest BCUT2D eigenvalue weighted by Gasteiger charge is 2.11. The van der Waals surface area contributed by atoms with E-state index in [2.05, 4.69) is 10.3 Å². The second-order valence-electron chi connectivity index (χ2n) is 4.29. The molecule has 3 aromatic rings. The van der Waals surface area contributed by atoms with Gasteiger partial charge >= 0.3 is 5.97 Å². The number of carboxylic acid groups (broad SMARTS) is 1. The van der Waals surface area contributed by atoms with E-state index in [9.17, 15) is 9.90 Å². The van der Waals surface area contributed by atoms with Gasteiger partial charge in [0.1, 0.15) is 11.3 Å². The highest BCUT2D eigenvalue weighted by molar-refractivity contribution is 6.31. The number of aromatic nitrogens is 1. The van der Waals surface area contributed by atoms with Gasteiger partial charge in [0.2, 0.25) is 0 Å². The molecule has 0 atom stereocenters. The van der Waals surface area contributed by atoms with E-state index in [0.29, 0.717) is 16.1 Å². The van der Waals surface area contributed by atoms with Crippen molar-refractivity contribution in [2.45, 2.75) is 0 Å². The molecule has 0 bridgehead atoms. The Labute approximate surface area is 123 Å². The lowest BCUT2D eigenvalue weighted by Crippen LogP contribution is -1.98. The fraction of sp³-hybridized carbons (Fsp3) is 0. The molecule has 1 aromatic heterocycles. The second-order valence-corrected chi connectivity index (χ2v) is 4.73. The van der Waals surface area contributed by atoms with Crippen molar-refractivity contribution in [2.75, 3.05) is 5.32 Å². The van der Waals surface area contributed by atoms with Gasteiger partial charge in [0.15, 0.2) is 5.58 Å². The molecule has 0 saturated heterocycles. The van der Waals surface area contributed by atoms with Gasteiger partial charge in [-0.2, -0.15) is 4.98 Å². The van der Waals surface area contributed by atoms with Crippen LogP contribution in [-0.2, 0) is 0 Å². The average Bonchev–Trinajstić information content (AvgIpc) is 2.82. The Balaban J connectivity index is 1.98. The number of anilines is 2. The number of nitrogens with zero attached hydrogens (tertiary/aromatic N) is 1. The molecule has 0 aliphatic heterocycles. The van der Waals surface area contributed by atoms with Crippen molar-refractivity contribution in [3.05, 3.63) is 47.0 Å². The SMILES string of the molecule is O=C(O)c1ccc(O)c(Nc2nc3cc(Cl)ccc3o2)c1. The van der Waals surface area contributed by atoms with Crippen molar-refractivity contribution in [1.82, 2.24) is 4.98 Å². The number of nitrogens with one attached hydrogen (secondary N) is 1. The molecule has 3 N–H and O–H groups in total. The molecule has 0 unspecified atom stereocenters. The molecular formula is C14H9ClN2O4. The summed E-state index contributed by atoms with van der Waals surface area (Å²) < 4.78 is 5.44. The van der Waals surface area contributed by atoms with E-state index in [4.69, 9.17) is 21.1 Å². The van der Waals surface area contributed by atoms with Crippen molar-refractivity contribution in [1.29, 1.82) is 0 Å². The van der Waals surface area contributed by atoms with Gasteiger partial charge in [0, 0.05) is 5.02 Å². The van der Waals surface area contributed by atoms with Crippen molar-refractivity contribution >= 4 is 40.4 Å². The minimum Gasteiger partial charge on any atom is -0.506 e. The number of aromatic hydroxyl groups is 1. The number of oxazole rings is 1. The van der Waals surface area contributed by atoms with Gasteiger partial charge in [-0.15, -0.1) is 0 Å². The van der Waals surface area contributed by atoms with E-state index in [1.165, 1.54) is 18.2 Å². The number of fused-ring (bicyclic) bond motifs is 1. The van der Waals surface area contributed by atoms with Crippen LogP contribution in [0.1, 0.15) is 10.4 Å². The molecule has 3 rings (SSSR count). The maximum absolute atomic E-state index is 10.9. The number of aromatic carboxylic acids is 1. The van der Waals surface area contributed by atoms with Crippen LogP contribution in [-0.4, -0.2) is 21.2 Å². The first kappa shape index (κ1) is 13.3. The Morgan fingerprint density at radius 3 is 2.81 bits per heavy atom. The lowest BCUT2D eigenvalue weighted by atomic mass is 10.2. The number of benzene rings is 2. The monoisotopic (exact) mass is 304 g/mol. The van der Waals surface area contributed by atoms with Crippen LogP contribution in [0.5, 0.6) is 5.75 Å². The van der Waals surface area contributed by atoms with E-state index in [-0.39, 0.29) is 23.0 Å². The van der Waals surface area contributed by atoms with Crippen molar-refractivity contribution in [3.63, 3.8) is 0 Å². The lowest BCUT2D eigenvalue weighted by molar-refractivity contribution is 0.0697. The van der Waals surface area contributed by atoms with E-state index in [0.717, 1.165) is 0 Å². The van der Waals surface area contributed by atoms with E-state index in [1.54, 1.807) is 18.2 Å². The number of carbonyl (C=O) groups is 1. The Morgan fingerprint density at radius 2 is 2.05 bits per heavy atom. The van der Waals surface area contributed by atoms with Crippen LogP contribution in [0.25, 0.3) is 11.1 Å². The van der Waals surface area contributed by atoms with Gasteiger partial charge < -0.3 is 19.9 Å². The first-order valence-corrected chi connectivity index (χ1v) is 6.30. The third-order valence-corrected chi connectivity index (χ3v) is 3.07. The van der Waals surface area contributed by atoms with Crippen LogP contribution < -0.4 is 5.32 Å². The summed E-state index contributed by atoms with van der Waals surface area (Å²) in [5.74, 6) is -1.21. The van der Waals surface area contributed by atoms with E-state index >= 15 is 0 Å². The molecule has 6 nitrogen and oxygen atoms in total. The van der Waals surface area contributed by atoms with Crippen LogP contribution in [0.2, 0.25) is 5.02 Å². The number of phenolic OH excluding ortho intramolecular Hbond substituents is 1. The molecule has 2 aromatic carbocycles. The summed E-state index contributed by atoms with van der Waals surface area (Å²) in [6.07, 6.45) is 0. The number of rotatable bonds is 3. The first-order valence-electron chi connectivity index (χ1n) is 5.92. The molecule has 0 radical (unpaired) electrons. The average molecular weight is 305 g/mol. The molecule has 0 spiro atoms. The molecule has 1 heterocycles. The zero-order valence-electron chi connectivity index (χ0n) is 10.5. The Hall–Kier alpha value is -2.73. The topological polar surface area (TPSA) is 95.6 Å². The van der Waals surface area contributed by atoms with Crippen LogP contribution in [0.15, 0.2) is 40.8 Å². The fourth-order valence-corrected chi connectivity index (χ4v) is 2.00. The number of carboxylic acids is 1. The second kappa shape index (κ2) is 4.99. The molecule has 0 amide bonds. The fourth-order valence-electron chi connectivity index (χ4n) is 1.84. The summed E-state index contributed by atoms with van der Waals surface area (Å²) in [6, 6.07) is 8.98. The first-order chi connectivity index (χ1) is 10.0. The predicted molar refractivity (Wildman–Crippen MR) is 77.4 cm³/mol. The Morgan fingerprint density at radius 1 is 1.24 bits per heavy atom. The summed E-state index contributed by atoms with van der Waals surface area (Å²) >= 11 is 5.86. The zero-order valence-corrected chi connectivity index (χ0v) is 11.3. The molecule has 0 fully saturated rings. The van der Waals surface area contributed by atoms with Crippen LogP contribution >= 0.6 is 11.6 Å². The predicted octanol–water partition coefficient (Wildman–Crippen LogP) is 3.63. The van der Waals surface area contributed by atoms with E-state index < -0.39 is 5.97 Å². The van der Waals surface area contributed by atoms with Crippen molar-refractivity contribution in [2.24, 2.45) is 0 Å². The van der Waals surface area contributed by atoms with Crippen molar-refractivity contribution in [3.8, 4) is 5.75 Å². The minimum atomic E-state index is -1.10. The van der Waals surface area contributed by atoms with E-state index in [1.807, 2.05) is 0 Å². The normalized spacial score (nSPS) is 10.7. The summed E-state index contributed by atoms with van der Waals surface area (Å²) in [5, 5.41) is 22.0. The van der Waals surface area contributed by atoms with Gasteiger partial charge in [0.25, 0.3) is 6.01 Å². The molecule has 7 heteroatoms. The smallest absolute Gasteiger partial charge is 0.335 e. The van der Waals surface area contributed by atoms with Gasteiger partial charge in [0.05, 0.1) is 11.3 Å². The highest BCUT2D eigenvalue weighted by Crippen LogP contribution is 2.29. The summed E-state index contributed by atoms with van der Waals surface area (Å²) in [4.78, 5) is 15.1.